The number of halogens is 1. The van der Waals surface area contributed by atoms with Gasteiger partial charge in [0.1, 0.15) is 5.75 Å². The van der Waals surface area contributed by atoms with Crippen molar-refractivity contribution in [3.8, 4) is 11.8 Å². The highest BCUT2D eigenvalue weighted by Gasteiger charge is 2.17. The third-order valence-corrected chi connectivity index (χ3v) is 5.87. The van der Waals surface area contributed by atoms with E-state index >= 15 is 0 Å². The second-order valence-electron chi connectivity index (χ2n) is 5.67. The highest BCUT2D eigenvalue weighted by atomic mass is 35.5. The molecule has 0 aliphatic rings. The zero-order valence-electron chi connectivity index (χ0n) is 14.8. The van der Waals surface area contributed by atoms with Gasteiger partial charge in [0.25, 0.3) is 5.91 Å². The van der Waals surface area contributed by atoms with E-state index in [1.807, 2.05) is 12.1 Å². The van der Waals surface area contributed by atoms with Gasteiger partial charge in [-0.05, 0) is 48.9 Å². The topological polar surface area (TPSA) is 87.9 Å². The van der Waals surface area contributed by atoms with Crippen LogP contribution in [0.5, 0.6) is 5.75 Å². The molecule has 1 atom stereocenters. The van der Waals surface area contributed by atoms with Crippen LogP contribution >= 0.6 is 34.7 Å². The van der Waals surface area contributed by atoms with E-state index in [1.165, 1.54) is 23.1 Å². The molecule has 1 amide bonds. The van der Waals surface area contributed by atoms with Gasteiger partial charge in [-0.3, -0.25) is 10.1 Å². The normalized spacial score (nSPS) is 11.5. The lowest BCUT2D eigenvalue weighted by Crippen LogP contribution is -2.30. The van der Waals surface area contributed by atoms with E-state index < -0.39 is 6.10 Å². The molecule has 1 aromatic heterocycles. The first kappa shape index (κ1) is 20.1. The highest BCUT2D eigenvalue weighted by molar-refractivity contribution is 8.00. The summed E-state index contributed by atoms with van der Waals surface area (Å²) in [5.41, 5.74) is 1.71. The fraction of sp³-hybridized carbons (Fsp3) is 0.158. The minimum Gasteiger partial charge on any atom is -0.481 e. The van der Waals surface area contributed by atoms with Crippen molar-refractivity contribution in [2.75, 3.05) is 5.32 Å². The molecule has 28 heavy (non-hydrogen) atoms. The maximum Gasteiger partial charge on any atom is 0.266 e. The van der Waals surface area contributed by atoms with Gasteiger partial charge in [-0.2, -0.15) is 5.26 Å². The van der Waals surface area contributed by atoms with E-state index in [1.54, 1.807) is 43.3 Å². The number of anilines is 1. The smallest absolute Gasteiger partial charge is 0.266 e. The molecule has 3 aromatic rings. The zero-order valence-corrected chi connectivity index (χ0v) is 17.1. The molecule has 0 saturated heterocycles. The van der Waals surface area contributed by atoms with E-state index in [0.717, 1.165) is 9.90 Å². The van der Waals surface area contributed by atoms with E-state index in [4.69, 9.17) is 21.6 Å². The van der Waals surface area contributed by atoms with Crippen LogP contribution in [0.1, 0.15) is 18.1 Å². The largest absolute Gasteiger partial charge is 0.481 e. The first-order valence-corrected chi connectivity index (χ1v) is 10.4. The SMILES string of the molecule is CC(Oc1ccc(Cl)cc1)C(=O)Nc1nnc(SCc2ccc(C#N)cc2)s1. The van der Waals surface area contributed by atoms with Crippen molar-refractivity contribution in [3.05, 3.63) is 64.7 Å². The summed E-state index contributed by atoms with van der Waals surface area (Å²) in [6, 6.07) is 16.3. The lowest BCUT2D eigenvalue weighted by atomic mass is 10.2. The average molecular weight is 431 g/mol. The van der Waals surface area contributed by atoms with Crippen molar-refractivity contribution in [2.45, 2.75) is 23.1 Å². The predicted octanol–water partition coefficient (Wildman–Crippen LogP) is 4.76. The first-order valence-electron chi connectivity index (χ1n) is 8.22. The lowest BCUT2D eigenvalue weighted by molar-refractivity contribution is -0.122. The van der Waals surface area contributed by atoms with Crippen LogP contribution in [0.3, 0.4) is 0 Å². The molecule has 0 radical (unpaired) electrons. The molecule has 0 bridgehead atoms. The molecule has 1 N–H and O–H groups in total. The number of rotatable bonds is 7. The fourth-order valence-electron chi connectivity index (χ4n) is 2.12. The van der Waals surface area contributed by atoms with Gasteiger partial charge < -0.3 is 4.74 Å². The number of hydrogen-bond acceptors (Lipinski definition) is 7. The van der Waals surface area contributed by atoms with Crippen LogP contribution in [-0.4, -0.2) is 22.2 Å². The molecular formula is C19H15ClN4O2S2. The van der Waals surface area contributed by atoms with Crippen molar-refractivity contribution >= 4 is 45.7 Å². The maximum atomic E-state index is 12.3. The van der Waals surface area contributed by atoms with Crippen molar-refractivity contribution in [1.29, 1.82) is 5.26 Å². The Morgan fingerprint density at radius 1 is 1.25 bits per heavy atom. The number of nitrogens with zero attached hydrogens (tertiary/aromatic N) is 3. The molecular weight excluding hydrogens is 416 g/mol. The van der Waals surface area contributed by atoms with Gasteiger partial charge >= 0.3 is 0 Å². The molecule has 0 fully saturated rings. The summed E-state index contributed by atoms with van der Waals surface area (Å²) in [5.74, 6) is 0.947. The molecule has 142 valence electrons. The summed E-state index contributed by atoms with van der Waals surface area (Å²) in [5, 5.41) is 20.6. The molecule has 3 rings (SSSR count). The van der Waals surface area contributed by atoms with Crippen molar-refractivity contribution < 1.29 is 9.53 Å². The zero-order chi connectivity index (χ0) is 19.9. The van der Waals surface area contributed by atoms with E-state index in [9.17, 15) is 4.79 Å². The number of thioether (sulfide) groups is 1. The number of ether oxygens (including phenoxy) is 1. The number of benzene rings is 2. The van der Waals surface area contributed by atoms with Gasteiger partial charge in [0.05, 0.1) is 11.6 Å². The summed E-state index contributed by atoms with van der Waals surface area (Å²) in [4.78, 5) is 12.3. The van der Waals surface area contributed by atoms with E-state index in [0.29, 0.717) is 27.2 Å². The van der Waals surface area contributed by atoms with Gasteiger partial charge in [0, 0.05) is 10.8 Å². The fourth-order valence-corrected chi connectivity index (χ4v) is 3.95. The van der Waals surface area contributed by atoms with Gasteiger partial charge in [0.15, 0.2) is 10.4 Å². The molecule has 0 aliphatic heterocycles. The Balaban J connectivity index is 1.50. The minimum absolute atomic E-state index is 0.310. The van der Waals surface area contributed by atoms with E-state index in [-0.39, 0.29) is 5.91 Å². The van der Waals surface area contributed by atoms with Gasteiger partial charge in [-0.1, -0.05) is 46.8 Å². The minimum atomic E-state index is -0.695. The molecule has 1 unspecified atom stereocenters. The molecule has 1 heterocycles. The van der Waals surface area contributed by atoms with Gasteiger partial charge in [0.2, 0.25) is 5.13 Å². The van der Waals surface area contributed by atoms with Gasteiger partial charge in [-0.25, -0.2) is 0 Å². The Morgan fingerprint density at radius 2 is 1.96 bits per heavy atom. The third-order valence-electron chi connectivity index (χ3n) is 3.58. The van der Waals surface area contributed by atoms with Crippen LogP contribution in [0, 0.1) is 11.3 Å². The summed E-state index contributed by atoms with van der Waals surface area (Å²) in [6.07, 6.45) is -0.695. The number of nitrogens with one attached hydrogen (secondary N) is 1. The lowest BCUT2D eigenvalue weighted by Gasteiger charge is -2.13. The van der Waals surface area contributed by atoms with E-state index in [2.05, 4.69) is 21.6 Å². The third kappa shape index (κ3) is 5.70. The summed E-state index contributed by atoms with van der Waals surface area (Å²) < 4.78 is 6.33. The highest BCUT2D eigenvalue weighted by Crippen LogP contribution is 2.28. The molecule has 0 aliphatic carbocycles. The van der Waals surface area contributed by atoms with Crippen molar-refractivity contribution in [3.63, 3.8) is 0 Å². The Bertz CT molecular complexity index is 984. The van der Waals surface area contributed by atoms with Gasteiger partial charge in [-0.15, -0.1) is 10.2 Å². The van der Waals surface area contributed by atoms with Crippen molar-refractivity contribution in [1.82, 2.24) is 10.2 Å². The Kier molecular flexibility index (Phi) is 6.87. The number of carbonyl (C=O) groups is 1. The standard InChI is InChI=1S/C19H15ClN4O2S2/c1-12(26-16-8-6-15(20)7-9-16)17(25)22-18-23-24-19(28-18)27-11-14-4-2-13(10-21)3-5-14/h2-9,12H,11H2,1H3,(H,22,23,25). The number of nitriles is 1. The van der Waals surface area contributed by atoms with Crippen LogP contribution in [0.25, 0.3) is 0 Å². The summed E-state index contributed by atoms with van der Waals surface area (Å²) in [7, 11) is 0. The second-order valence-corrected chi connectivity index (χ2v) is 8.31. The predicted molar refractivity (Wildman–Crippen MR) is 111 cm³/mol. The van der Waals surface area contributed by atoms with Crippen LogP contribution in [0.4, 0.5) is 5.13 Å². The monoisotopic (exact) mass is 430 g/mol. The number of hydrogen-bond donors (Lipinski definition) is 1. The average Bonchev–Trinajstić information content (AvgIpc) is 3.15. The summed E-state index contributed by atoms with van der Waals surface area (Å²) >= 11 is 8.65. The van der Waals surface area contributed by atoms with Crippen molar-refractivity contribution in [2.24, 2.45) is 0 Å². The summed E-state index contributed by atoms with van der Waals surface area (Å²) in [6.45, 7) is 1.66. The number of carbonyl (C=O) groups excluding carboxylic acids is 1. The molecule has 2 aromatic carbocycles. The Morgan fingerprint density at radius 3 is 2.64 bits per heavy atom. The Labute approximate surface area is 175 Å². The molecule has 0 spiro atoms. The number of aromatic nitrogens is 2. The van der Waals surface area contributed by atoms with Crippen LogP contribution in [0.15, 0.2) is 52.9 Å². The number of amides is 1. The molecule has 6 nitrogen and oxygen atoms in total. The maximum absolute atomic E-state index is 12.3. The quantitative estimate of drug-likeness (QED) is 0.429. The van der Waals surface area contributed by atoms with Crippen LogP contribution in [0.2, 0.25) is 5.02 Å². The molecule has 9 heteroatoms. The van der Waals surface area contributed by atoms with Crippen LogP contribution < -0.4 is 10.1 Å². The van der Waals surface area contributed by atoms with Crippen LogP contribution in [-0.2, 0) is 10.5 Å². The Hall–Kier alpha value is -2.60. The first-order chi connectivity index (χ1) is 13.5. The second kappa shape index (κ2) is 9.55. The molecule has 0 saturated carbocycles.